The second-order valence-corrected chi connectivity index (χ2v) is 7.55. The average molecular weight is 379 g/mol. The maximum Gasteiger partial charge on any atom is 0.267 e. The van der Waals surface area contributed by atoms with Gasteiger partial charge in [-0.25, -0.2) is 19.3 Å². The summed E-state index contributed by atoms with van der Waals surface area (Å²) in [5.41, 5.74) is 2.91. The summed E-state index contributed by atoms with van der Waals surface area (Å²) in [4.78, 5) is 21.1. The highest BCUT2D eigenvalue weighted by Crippen LogP contribution is 2.28. The number of aryl methyl sites for hydroxylation is 3. The summed E-state index contributed by atoms with van der Waals surface area (Å²) in [5, 5.41) is 12.5. The number of hydrogen-bond donors (Lipinski definition) is 1. The third kappa shape index (κ3) is 3.81. The van der Waals surface area contributed by atoms with E-state index in [0.29, 0.717) is 17.8 Å². The van der Waals surface area contributed by atoms with Crippen molar-refractivity contribution < 1.29 is 0 Å². The van der Waals surface area contributed by atoms with Gasteiger partial charge < -0.3 is 5.32 Å². The van der Waals surface area contributed by atoms with Crippen molar-refractivity contribution in [2.24, 2.45) is 0 Å². The highest BCUT2D eigenvalue weighted by Gasteiger charge is 2.24. The molecule has 1 fully saturated rings. The summed E-state index contributed by atoms with van der Waals surface area (Å²) in [5.74, 6) is 1.34. The predicted octanol–water partition coefficient (Wildman–Crippen LogP) is 2.74. The SMILES string of the molecule is Cc1cnc(NC2CCC(n3nc(-n4nc(C)cc4C)ccc3=O)CC2)nc1. The van der Waals surface area contributed by atoms with Crippen molar-refractivity contribution in [3.05, 3.63) is 57.9 Å². The number of anilines is 1. The minimum atomic E-state index is -0.0661. The lowest BCUT2D eigenvalue weighted by molar-refractivity contribution is 0.302. The molecule has 146 valence electrons. The Bertz CT molecular complexity index is 1010. The van der Waals surface area contributed by atoms with E-state index in [9.17, 15) is 4.79 Å². The van der Waals surface area contributed by atoms with Gasteiger partial charge in [0, 0.05) is 30.2 Å². The van der Waals surface area contributed by atoms with Crippen LogP contribution in [-0.4, -0.2) is 35.6 Å². The molecular formula is C20H25N7O. The summed E-state index contributed by atoms with van der Waals surface area (Å²) < 4.78 is 3.41. The van der Waals surface area contributed by atoms with Gasteiger partial charge in [0.25, 0.3) is 5.56 Å². The van der Waals surface area contributed by atoms with Gasteiger partial charge in [0.1, 0.15) is 0 Å². The summed E-state index contributed by atoms with van der Waals surface area (Å²) in [6, 6.07) is 5.74. The molecule has 0 amide bonds. The molecule has 1 saturated carbocycles. The number of rotatable bonds is 4. The largest absolute Gasteiger partial charge is 0.351 e. The third-order valence-corrected chi connectivity index (χ3v) is 5.19. The molecule has 1 N–H and O–H groups in total. The van der Waals surface area contributed by atoms with Crippen LogP contribution in [0.2, 0.25) is 0 Å². The molecular weight excluding hydrogens is 354 g/mol. The molecule has 0 unspecified atom stereocenters. The van der Waals surface area contributed by atoms with E-state index in [1.807, 2.05) is 39.2 Å². The molecule has 0 aromatic carbocycles. The fraction of sp³-hybridized carbons (Fsp3) is 0.450. The first-order chi connectivity index (χ1) is 13.5. The minimum absolute atomic E-state index is 0.0661. The van der Waals surface area contributed by atoms with Gasteiger partial charge in [-0.15, -0.1) is 5.10 Å². The van der Waals surface area contributed by atoms with Crippen LogP contribution in [0.1, 0.15) is 48.7 Å². The molecule has 0 bridgehead atoms. The summed E-state index contributed by atoms with van der Waals surface area (Å²) >= 11 is 0. The van der Waals surface area contributed by atoms with Crippen LogP contribution in [0, 0.1) is 20.8 Å². The zero-order valence-electron chi connectivity index (χ0n) is 16.5. The van der Waals surface area contributed by atoms with E-state index >= 15 is 0 Å². The number of hydrogen-bond acceptors (Lipinski definition) is 6. The van der Waals surface area contributed by atoms with Crippen LogP contribution in [0.25, 0.3) is 5.82 Å². The van der Waals surface area contributed by atoms with E-state index in [-0.39, 0.29) is 11.6 Å². The van der Waals surface area contributed by atoms with Crippen LogP contribution >= 0.6 is 0 Å². The van der Waals surface area contributed by atoms with Crippen LogP contribution < -0.4 is 10.9 Å². The maximum absolute atomic E-state index is 12.4. The zero-order chi connectivity index (χ0) is 19.7. The van der Waals surface area contributed by atoms with E-state index in [0.717, 1.165) is 42.6 Å². The molecule has 8 nitrogen and oxygen atoms in total. The highest BCUT2D eigenvalue weighted by molar-refractivity contribution is 5.26. The standard InChI is InChI=1S/C20H25N7O/c1-13-11-21-20(22-12-13)23-16-4-6-17(7-5-16)27-19(28)9-8-18(25-27)26-15(3)10-14(2)24-26/h8-12,16-17H,4-7H2,1-3H3,(H,21,22,23). The lowest BCUT2D eigenvalue weighted by atomic mass is 9.91. The van der Waals surface area contributed by atoms with Gasteiger partial charge in [-0.3, -0.25) is 4.79 Å². The van der Waals surface area contributed by atoms with Crippen molar-refractivity contribution in [2.45, 2.75) is 58.5 Å². The quantitative estimate of drug-likeness (QED) is 0.750. The summed E-state index contributed by atoms with van der Waals surface area (Å²) in [6.45, 7) is 5.91. The van der Waals surface area contributed by atoms with Gasteiger partial charge in [0.15, 0.2) is 5.82 Å². The van der Waals surface area contributed by atoms with Crippen LogP contribution in [0.4, 0.5) is 5.95 Å². The molecule has 3 aromatic heterocycles. The Labute approximate surface area is 163 Å². The summed E-state index contributed by atoms with van der Waals surface area (Å²) in [7, 11) is 0. The fourth-order valence-electron chi connectivity index (χ4n) is 3.76. The van der Waals surface area contributed by atoms with Crippen molar-refractivity contribution in [1.82, 2.24) is 29.5 Å². The monoisotopic (exact) mass is 379 g/mol. The van der Waals surface area contributed by atoms with E-state index < -0.39 is 0 Å². The fourth-order valence-corrected chi connectivity index (χ4v) is 3.76. The minimum Gasteiger partial charge on any atom is -0.351 e. The van der Waals surface area contributed by atoms with Crippen LogP contribution in [0.15, 0.2) is 35.4 Å². The van der Waals surface area contributed by atoms with Crippen molar-refractivity contribution >= 4 is 5.95 Å². The zero-order valence-corrected chi connectivity index (χ0v) is 16.5. The molecule has 1 aliphatic rings. The van der Waals surface area contributed by atoms with Crippen molar-refractivity contribution in [3.63, 3.8) is 0 Å². The van der Waals surface area contributed by atoms with E-state index in [1.165, 1.54) is 0 Å². The molecule has 3 aromatic rings. The topological polar surface area (TPSA) is 90.5 Å². The third-order valence-electron chi connectivity index (χ3n) is 5.19. The molecule has 3 heterocycles. The van der Waals surface area contributed by atoms with Gasteiger partial charge in [-0.05, 0) is 64.2 Å². The van der Waals surface area contributed by atoms with Crippen LogP contribution in [0.5, 0.6) is 0 Å². The first kappa shape index (κ1) is 18.3. The van der Waals surface area contributed by atoms with Gasteiger partial charge in [-0.2, -0.15) is 5.10 Å². The maximum atomic E-state index is 12.4. The molecule has 0 atom stereocenters. The van der Waals surface area contributed by atoms with Crippen molar-refractivity contribution in [2.75, 3.05) is 5.32 Å². The van der Waals surface area contributed by atoms with Crippen molar-refractivity contribution in [1.29, 1.82) is 0 Å². The molecule has 0 saturated heterocycles. The Morgan fingerprint density at radius 2 is 1.71 bits per heavy atom. The number of nitrogens with zero attached hydrogens (tertiary/aromatic N) is 6. The van der Waals surface area contributed by atoms with Crippen molar-refractivity contribution in [3.8, 4) is 5.82 Å². The normalized spacial score (nSPS) is 19.5. The van der Waals surface area contributed by atoms with Gasteiger partial charge in [0.2, 0.25) is 5.95 Å². The molecule has 0 aliphatic heterocycles. The second-order valence-electron chi connectivity index (χ2n) is 7.55. The molecule has 0 spiro atoms. The van der Waals surface area contributed by atoms with Crippen LogP contribution in [0.3, 0.4) is 0 Å². The predicted molar refractivity (Wildman–Crippen MR) is 107 cm³/mol. The van der Waals surface area contributed by atoms with Gasteiger partial charge in [0.05, 0.1) is 11.7 Å². The number of aromatic nitrogens is 6. The molecule has 0 radical (unpaired) electrons. The Morgan fingerprint density at radius 1 is 1.00 bits per heavy atom. The Morgan fingerprint density at radius 3 is 2.36 bits per heavy atom. The number of nitrogens with one attached hydrogen (secondary N) is 1. The van der Waals surface area contributed by atoms with Gasteiger partial charge in [-0.1, -0.05) is 0 Å². The van der Waals surface area contributed by atoms with Crippen LogP contribution in [-0.2, 0) is 0 Å². The average Bonchev–Trinajstić information content (AvgIpc) is 3.03. The lowest BCUT2D eigenvalue weighted by Crippen LogP contribution is -2.34. The molecule has 8 heteroatoms. The second kappa shape index (κ2) is 7.53. The first-order valence-electron chi connectivity index (χ1n) is 9.68. The lowest BCUT2D eigenvalue weighted by Gasteiger charge is -2.29. The molecule has 4 rings (SSSR count). The molecule has 1 aliphatic carbocycles. The summed E-state index contributed by atoms with van der Waals surface area (Å²) in [6.07, 6.45) is 7.29. The van der Waals surface area contributed by atoms with E-state index in [4.69, 9.17) is 0 Å². The Kier molecular flexibility index (Phi) is 4.93. The first-order valence-corrected chi connectivity index (χ1v) is 9.68. The molecule has 28 heavy (non-hydrogen) atoms. The Balaban J connectivity index is 1.47. The smallest absolute Gasteiger partial charge is 0.267 e. The van der Waals surface area contributed by atoms with Gasteiger partial charge >= 0.3 is 0 Å². The van der Waals surface area contributed by atoms with E-state index in [2.05, 4.69) is 25.5 Å². The van der Waals surface area contributed by atoms with E-state index in [1.54, 1.807) is 21.5 Å². The highest BCUT2D eigenvalue weighted by atomic mass is 16.1. The Hall–Kier alpha value is -3.03.